The zero-order valence-electron chi connectivity index (χ0n) is 6.71. The van der Waals surface area contributed by atoms with Crippen LogP contribution in [0, 0.1) is 5.92 Å². The van der Waals surface area contributed by atoms with Crippen LogP contribution in [0.3, 0.4) is 0 Å². The minimum absolute atomic E-state index is 0.213. The van der Waals surface area contributed by atoms with Crippen LogP contribution in [0.4, 0.5) is 0 Å². The molecule has 1 N–H and O–H groups in total. The van der Waals surface area contributed by atoms with Crippen molar-refractivity contribution in [3.8, 4) is 0 Å². The number of hydrogen-bond donors (Lipinski definition) is 1. The summed E-state index contributed by atoms with van der Waals surface area (Å²) in [5.74, 6) is 0.380. The molecule has 1 fully saturated rings. The summed E-state index contributed by atoms with van der Waals surface area (Å²) < 4.78 is 5.28. The molecule has 0 spiro atoms. The fraction of sp³-hybridized carbons (Fsp3) is 1.00. The van der Waals surface area contributed by atoms with E-state index in [0.717, 1.165) is 12.8 Å². The molecule has 0 aromatic heterocycles. The largest absolute Gasteiger partial charge is 0.390 e. The molecule has 1 saturated heterocycles. The highest BCUT2D eigenvalue weighted by molar-refractivity contribution is 4.79. The van der Waals surface area contributed by atoms with Crippen molar-refractivity contribution in [1.29, 1.82) is 0 Å². The molecule has 0 saturated carbocycles. The highest BCUT2D eigenvalue weighted by Crippen LogP contribution is 2.25. The molecule has 1 rings (SSSR count). The number of aliphatic hydroxyl groups excluding tert-OH is 1. The zero-order chi connectivity index (χ0) is 7.56. The van der Waals surface area contributed by atoms with Crippen LogP contribution in [0.1, 0.15) is 26.7 Å². The predicted octanol–water partition coefficient (Wildman–Crippen LogP) is 1.18. The summed E-state index contributed by atoms with van der Waals surface area (Å²) in [6.07, 6.45) is 2.27. The molecule has 10 heavy (non-hydrogen) atoms. The molecule has 0 radical (unpaired) electrons. The maximum Gasteiger partial charge on any atom is 0.0826 e. The van der Waals surface area contributed by atoms with E-state index in [4.69, 9.17) is 4.74 Å². The summed E-state index contributed by atoms with van der Waals surface area (Å²) in [7, 11) is 0. The van der Waals surface area contributed by atoms with Gasteiger partial charge in [-0.2, -0.15) is 0 Å². The highest BCUT2D eigenvalue weighted by Gasteiger charge is 2.31. The summed E-state index contributed by atoms with van der Waals surface area (Å²) in [6.45, 7) is 4.71. The second-order valence-corrected chi connectivity index (χ2v) is 3.06. The van der Waals surface area contributed by atoms with Crippen molar-refractivity contribution >= 4 is 0 Å². The average molecular weight is 144 g/mol. The van der Waals surface area contributed by atoms with Crippen LogP contribution in [0.15, 0.2) is 0 Å². The minimum Gasteiger partial charge on any atom is -0.390 e. The van der Waals surface area contributed by atoms with Gasteiger partial charge in [-0.3, -0.25) is 0 Å². The van der Waals surface area contributed by atoms with Crippen molar-refractivity contribution in [1.82, 2.24) is 0 Å². The third-order valence-electron chi connectivity index (χ3n) is 2.25. The molecule has 2 heteroatoms. The van der Waals surface area contributed by atoms with E-state index in [1.165, 1.54) is 0 Å². The van der Waals surface area contributed by atoms with Gasteiger partial charge in [-0.1, -0.05) is 13.3 Å². The molecule has 2 nitrogen and oxygen atoms in total. The number of rotatable bonds is 2. The predicted molar refractivity (Wildman–Crippen MR) is 39.8 cm³/mol. The molecule has 3 atom stereocenters. The average Bonchev–Trinajstić information content (AvgIpc) is 2.20. The Balaban J connectivity index is 2.38. The number of aliphatic hydroxyl groups is 1. The molecular formula is C8H16O2. The van der Waals surface area contributed by atoms with Crippen molar-refractivity contribution in [2.24, 2.45) is 5.92 Å². The molecule has 1 aliphatic heterocycles. The summed E-state index contributed by atoms with van der Waals surface area (Å²) in [6, 6.07) is 0. The van der Waals surface area contributed by atoms with Crippen LogP contribution >= 0.6 is 0 Å². The van der Waals surface area contributed by atoms with Crippen LogP contribution in [-0.2, 0) is 4.74 Å². The molecule has 1 aliphatic rings. The Kier molecular flexibility index (Phi) is 2.69. The Bertz CT molecular complexity index is 93.4. The molecule has 1 unspecified atom stereocenters. The molecular weight excluding hydrogens is 128 g/mol. The van der Waals surface area contributed by atoms with E-state index in [1.807, 2.05) is 6.92 Å². The lowest BCUT2D eigenvalue weighted by Crippen LogP contribution is -2.21. The lowest BCUT2D eigenvalue weighted by atomic mass is 9.95. The van der Waals surface area contributed by atoms with Gasteiger partial charge in [0.1, 0.15) is 0 Å². The Labute approximate surface area is 62.2 Å². The van der Waals surface area contributed by atoms with Gasteiger partial charge in [0.2, 0.25) is 0 Å². The van der Waals surface area contributed by atoms with Gasteiger partial charge < -0.3 is 9.84 Å². The first kappa shape index (κ1) is 8.02. The van der Waals surface area contributed by atoms with E-state index >= 15 is 0 Å². The van der Waals surface area contributed by atoms with Crippen LogP contribution in [0.25, 0.3) is 0 Å². The van der Waals surface area contributed by atoms with Crippen LogP contribution in [0.2, 0.25) is 0 Å². The topological polar surface area (TPSA) is 29.5 Å². The minimum atomic E-state index is -0.213. The van der Waals surface area contributed by atoms with Gasteiger partial charge in [-0.15, -0.1) is 0 Å². The monoisotopic (exact) mass is 144 g/mol. The van der Waals surface area contributed by atoms with Crippen molar-refractivity contribution in [2.45, 2.75) is 38.9 Å². The van der Waals surface area contributed by atoms with Gasteiger partial charge >= 0.3 is 0 Å². The van der Waals surface area contributed by atoms with Gasteiger partial charge in [0, 0.05) is 5.92 Å². The van der Waals surface area contributed by atoms with E-state index in [2.05, 4.69) is 6.92 Å². The summed E-state index contributed by atoms with van der Waals surface area (Å²) in [5.41, 5.74) is 0. The Morgan fingerprint density at radius 3 is 2.70 bits per heavy atom. The van der Waals surface area contributed by atoms with Crippen LogP contribution < -0.4 is 0 Å². The SMILES string of the molecule is CCC[C@@H]1C(C)OC[C@@H]1O. The summed E-state index contributed by atoms with van der Waals surface area (Å²) in [5, 5.41) is 9.37. The first-order valence-corrected chi connectivity index (χ1v) is 4.05. The van der Waals surface area contributed by atoms with Gasteiger partial charge in [0.15, 0.2) is 0 Å². The second kappa shape index (κ2) is 3.35. The Morgan fingerprint density at radius 1 is 1.60 bits per heavy atom. The maximum atomic E-state index is 9.37. The molecule has 0 aliphatic carbocycles. The van der Waals surface area contributed by atoms with E-state index in [9.17, 15) is 5.11 Å². The maximum absolute atomic E-state index is 9.37. The fourth-order valence-electron chi connectivity index (χ4n) is 1.57. The van der Waals surface area contributed by atoms with E-state index < -0.39 is 0 Å². The normalized spacial score (nSPS) is 40.5. The van der Waals surface area contributed by atoms with Crippen molar-refractivity contribution in [2.75, 3.05) is 6.61 Å². The van der Waals surface area contributed by atoms with E-state index in [0.29, 0.717) is 12.5 Å². The van der Waals surface area contributed by atoms with Crippen LogP contribution in [0.5, 0.6) is 0 Å². The molecule has 0 bridgehead atoms. The van der Waals surface area contributed by atoms with E-state index in [-0.39, 0.29) is 12.2 Å². The molecule has 0 aromatic rings. The van der Waals surface area contributed by atoms with Gasteiger partial charge in [-0.25, -0.2) is 0 Å². The molecule has 60 valence electrons. The Hall–Kier alpha value is -0.0800. The van der Waals surface area contributed by atoms with Gasteiger partial charge in [0.25, 0.3) is 0 Å². The van der Waals surface area contributed by atoms with Crippen molar-refractivity contribution in [3.63, 3.8) is 0 Å². The lowest BCUT2D eigenvalue weighted by molar-refractivity contribution is 0.0961. The second-order valence-electron chi connectivity index (χ2n) is 3.06. The molecule has 0 amide bonds. The zero-order valence-corrected chi connectivity index (χ0v) is 6.71. The Morgan fingerprint density at radius 2 is 2.30 bits per heavy atom. The lowest BCUT2D eigenvalue weighted by Gasteiger charge is -2.14. The first-order valence-electron chi connectivity index (χ1n) is 4.05. The van der Waals surface area contributed by atoms with Crippen LogP contribution in [-0.4, -0.2) is 23.9 Å². The van der Waals surface area contributed by atoms with Gasteiger partial charge in [0.05, 0.1) is 18.8 Å². The summed E-state index contributed by atoms with van der Waals surface area (Å²) in [4.78, 5) is 0. The first-order chi connectivity index (χ1) is 4.75. The molecule has 1 heterocycles. The van der Waals surface area contributed by atoms with E-state index in [1.54, 1.807) is 0 Å². The smallest absolute Gasteiger partial charge is 0.0826 e. The van der Waals surface area contributed by atoms with Crippen molar-refractivity contribution in [3.05, 3.63) is 0 Å². The highest BCUT2D eigenvalue weighted by atomic mass is 16.5. The standard InChI is InChI=1S/C8H16O2/c1-3-4-7-6(2)10-5-8(7)9/h6-9H,3-5H2,1-2H3/t6?,7-,8+/m1/s1. The van der Waals surface area contributed by atoms with Gasteiger partial charge in [-0.05, 0) is 13.3 Å². The third-order valence-corrected chi connectivity index (χ3v) is 2.25. The third kappa shape index (κ3) is 1.50. The number of ether oxygens (including phenoxy) is 1. The van der Waals surface area contributed by atoms with Crippen molar-refractivity contribution < 1.29 is 9.84 Å². The molecule has 0 aromatic carbocycles. The summed E-state index contributed by atoms with van der Waals surface area (Å²) >= 11 is 0. The number of hydrogen-bond acceptors (Lipinski definition) is 2. The quantitative estimate of drug-likeness (QED) is 0.630. The fourth-order valence-corrected chi connectivity index (χ4v) is 1.57.